The van der Waals surface area contributed by atoms with Crippen molar-refractivity contribution in [3.05, 3.63) is 65.7 Å². The molecule has 5 heteroatoms. The van der Waals surface area contributed by atoms with Gasteiger partial charge in [-0.25, -0.2) is 0 Å². The van der Waals surface area contributed by atoms with Gasteiger partial charge in [-0.2, -0.15) is 0 Å². The molecule has 1 N–H and O–H groups in total. The average Bonchev–Trinajstić information content (AvgIpc) is 2.72. The van der Waals surface area contributed by atoms with E-state index in [1.807, 2.05) is 61.5 Å². The highest BCUT2D eigenvalue weighted by Gasteiger charge is 2.25. The fourth-order valence-corrected chi connectivity index (χ4v) is 3.56. The molecule has 2 aromatic carbocycles. The maximum atomic E-state index is 13.0. The number of nitrogens with zero attached hydrogens (tertiary/aromatic N) is 1. The van der Waals surface area contributed by atoms with Crippen molar-refractivity contribution in [2.24, 2.45) is 0 Å². The molecule has 0 saturated heterocycles. The van der Waals surface area contributed by atoms with Crippen molar-refractivity contribution >= 4 is 23.6 Å². The summed E-state index contributed by atoms with van der Waals surface area (Å²) in [5, 5.41) is 2.95. The molecule has 150 valence electrons. The van der Waals surface area contributed by atoms with Crippen LogP contribution in [-0.4, -0.2) is 35.1 Å². The van der Waals surface area contributed by atoms with Gasteiger partial charge in [0.15, 0.2) is 0 Å². The zero-order valence-electron chi connectivity index (χ0n) is 17.0. The minimum atomic E-state index is -0.512. The van der Waals surface area contributed by atoms with Gasteiger partial charge in [-0.15, -0.1) is 11.8 Å². The number of thioether (sulfide) groups is 1. The standard InChI is InChI=1S/C23H30N2O2S/c1-4-5-15-24-23(27)19(3)25(16-20-13-11-18(2)12-14-20)22(26)17-28-21-9-7-6-8-10-21/h6-14,19H,4-5,15-17H2,1-3H3,(H,24,27)/t19-/m0/s1. The molecule has 0 aliphatic carbocycles. The van der Waals surface area contributed by atoms with Gasteiger partial charge in [0.1, 0.15) is 6.04 Å². The number of hydrogen-bond donors (Lipinski definition) is 1. The summed E-state index contributed by atoms with van der Waals surface area (Å²) in [5.41, 5.74) is 2.20. The highest BCUT2D eigenvalue weighted by Crippen LogP contribution is 2.19. The van der Waals surface area contributed by atoms with E-state index < -0.39 is 6.04 Å². The first-order valence-electron chi connectivity index (χ1n) is 9.81. The van der Waals surface area contributed by atoms with Crippen LogP contribution in [0, 0.1) is 6.92 Å². The summed E-state index contributed by atoms with van der Waals surface area (Å²) in [4.78, 5) is 28.3. The molecule has 2 aromatic rings. The lowest BCUT2D eigenvalue weighted by molar-refractivity contribution is -0.138. The Morgan fingerprint density at radius 1 is 1.07 bits per heavy atom. The fourth-order valence-electron chi connectivity index (χ4n) is 2.75. The van der Waals surface area contributed by atoms with Gasteiger partial charge in [-0.1, -0.05) is 61.4 Å². The number of unbranched alkanes of at least 4 members (excludes halogenated alkanes) is 1. The highest BCUT2D eigenvalue weighted by molar-refractivity contribution is 8.00. The normalized spacial score (nSPS) is 11.7. The second-order valence-corrected chi connectivity index (χ2v) is 7.98. The number of amides is 2. The Hall–Kier alpha value is -2.27. The minimum Gasteiger partial charge on any atom is -0.354 e. The van der Waals surface area contributed by atoms with Crippen molar-refractivity contribution in [1.29, 1.82) is 0 Å². The van der Waals surface area contributed by atoms with Gasteiger partial charge in [-0.05, 0) is 38.0 Å². The molecule has 0 aliphatic rings. The Kier molecular flexibility index (Phi) is 9.08. The maximum Gasteiger partial charge on any atom is 0.242 e. The molecule has 0 bridgehead atoms. The second kappa shape index (κ2) is 11.5. The van der Waals surface area contributed by atoms with E-state index in [-0.39, 0.29) is 11.8 Å². The van der Waals surface area contributed by atoms with Crippen molar-refractivity contribution in [3.63, 3.8) is 0 Å². The lowest BCUT2D eigenvalue weighted by Crippen LogP contribution is -2.48. The summed E-state index contributed by atoms with van der Waals surface area (Å²) >= 11 is 1.50. The molecule has 0 aliphatic heterocycles. The van der Waals surface area contributed by atoms with Gasteiger partial charge in [0.25, 0.3) is 0 Å². The quantitative estimate of drug-likeness (QED) is 0.476. The molecule has 4 nitrogen and oxygen atoms in total. The van der Waals surface area contributed by atoms with Crippen molar-refractivity contribution in [2.75, 3.05) is 12.3 Å². The van der Waals surface area contributed by atoms with Gasteiger partial charge >= 0.3 is 0 Å². The third kappa shape index (κ3) is 7.04. The SMILES string of the molecule is CCCCNC(=O)[C@H](C)N(Cc1ccc(C)cc1)C(=O)CSc1ccccc1. The Bertz CT molecular complexity index is 747. The van der Waals surface area contributed by atoms with E-state index in [0.717, 1.165) is 23.3 Å². The molecule has 1 atom stereocenters. The molecule has 2 rings (SSSR count). The summed E-state index contributed by atoms with van der Waals surface area (Å²) in [6.07, 6.45) is 1.96. The molecule has 0 unspecified atom stereocenters. The number of carbonyl (C=O) groups is 2. The van der Waals surface area contributed by atoms with Crippen LogP contribution in [0.5, 0.6) is 0 Å². The van der Waals surface area contributed by atoms with Crippen LogP contribution in [0.3, 0.4) is 0 Å². The van der Waals surface area contributed by atoms with E-state index in [4.69, 9.17) is 0 Å². The molecule has 0 aromatic heterocycles. The number of aryl methyl sites for hydroxylation is 1. The number of benzene rings is 2. The van der Waals surface area contributed by atoms with Crippen LogP contribution in [0.15, 0.2) is 59.5 Å². The molecule has 0 saturated carbocycles. The Morgan fingerprint density at radius 3 is 2.39 bits per heavy atom. The minimum absolute atomic E-state index is 0.0347. The van der Waals surface area contributed by atoms with Gasteiger partial charge in [0, 0.05) is 18.0 Å². The predicted octanol–water partition coefficient (Wildman–Crippen LogP) is 4.42. The largest absolute Gasteiger partial charge is 0.354 e. The van der Waals surface area contributed by atoms with Gasteiger partial charge in [0.05, 0.1) is 5.75 Å². The van der Waals surface area contributed by atoms with Crippen LogP contribution >= 0.6 is 11.8 Å². The zero-order valence-corrected chi connectivity index (χ0v) is 17.8. The van der Waals surface area contributed by atoms with Crippen LogP contribution in [-0.2, 0) is 16.1 Å². The van der Waals surface area contributed by atoms with Crippen LogP contribution in [0.2, 0.25) is 0 Å². The molecule has 28 heavy (non-hydrogen) atoms. The monoisotopic (exact) mass is 398 g/mol. The lowest BCUT2D eigenvalue weighted by atomic mass is 10.1. The van der Waals surface area contributed by atoms with E-state index in [1.54, 1.807) is 11.8 Å². The molecule has 0 fully saturated rings. The van der Waals surface area contributed by atoms with Gasteiger partial charge < -0.3 is 10.2 Å². The van der Waals surface area contributed by atoms with E-state index in [1.165, 1.54) is 17.3 Å². The number of rotatable bonds is 10. The lowest BCUT2D eigenvalue weighted by Gasteiger charge is -2.29. The average molecular weight is 399 g/mol. The van der Waals surface area contributed by atoms with Crippen LogP contribution in [0.25, 0.3) is 0 Å². The third-order valence-corrected chi connectivity index (χ3v) is 5.57. The zero-order chi connectivity index (χ0) is 20.4. The number of nitrogens with one attached hydrogen (secondary N) is 1. The van der Waals surface area contributed by atoms with Crippen molar-refractivity contribution < 1.29 is 9.59 Å². The van der Waals surface area contributed by atoms with Crippen LogP contribution in [0.1, 0.15) is 37.8 Å². The van der Waals surface area contributed by atoms with Gasteiger partial charge in [0.2, 0.25) is 11.8 Å². The first-order chi connectivity index (χ1) is 13.5. The smallest absolute Gasteiger partial charge is 0.242 e. The summed E-state index contributed by atoms with van der Waals surface area (Å²) < 4.78 is 0. The summed E-state index contributed by atoms with van der Waals surface area (Å²) in [6, 6.07) is 17.4. The first-order valence-corrected chi connectivity index (χ1v) is 10.8. The highest BCUT2D eigenvalue weighted by atomic mass is 32.2. The molecular formula is C23H30N2O2S. The summed E-state index contributed by atoms with van der Waals surface area (Å²) in [5.74, 6) is 0.175. The van der Waals surface area contributed by atoms with E-state index in [9.17, 15) is 9.59 Å². The molecule has 0 radical (unpaired) electrons. The molecule has 2 amide bonds. The molecule has 0 spiro atoms. The maximum absolute atomic E-state index is 13.0. The third-order valence-electron chi connectivity index (χ3n) is 4.58. The fraction of sp³-hybridized carbons (Fsp3) is 0.391. The molecular weight excluding hydrogens is 368 g/mol. The molecule has 0 heterocycles. The first kappa shape index (κ1) is 22.0. The van der Waals surface area contributed by atoms with Gasteiger partial charge in [-0.3, -0.25) is 9.59 Å². The van der Waals surface area contributed by atoms with E-state index in [0.29, 0.717) is 18.8 Å². The van der Waals surface area contributed by atoms with Crippen molar-refractivity contribution in [3.8, 4) is 0 Å². The Labute approximate surface area is 172 Å². The number of carbonyl (C=O) groups excluding carboxylic acids is 2. The summed E-state index contributed by atoms with van der Waals surface area (Å²) in [6.45, 7) is 7.00. The van der Waals surface area contributed by atoms with Crippen LogP contribution in [0.4, 0.5) is 0 Å². The van der Waals surface area contributed by atoms with Crippen molar-refractivity contribution in [2.45, 2.75) is 51.1 Å². The summed E-state index contributed by atoms with van der Waals surface area (Å²) in [7, 11) is 0. The second-order valence-electron chi connectivity index (χ2n) is 6.93. The topological polar surface area (TPSA) is 49.4 Å². The van der Waals surface area contributed by atoms with E-state index in [2.05, 4.69) is 12.2 Å². The Morgan fingerprint density at radius 2 is 1.75 bits per heavy atom. The Balaban J connectivity index is 2.08. The number of hydrogen-bond acceptors (Lipinski definition) is 3. The van der Waals surface area contributed by atoms with E-state index >= 15 is 0 Å². The van der Waals surface area contributed by atoms with Crippen LogP contribution < -0.4 is 5.32 Å². The van der Waals surface area contributed by atoms with Crippen molar-refractivity contribution in [1.82, 2.24) is 10.2 Å². The predicted molar refractivity (Wildman–Crippen MR) is 116 cm³/mol.